The number of likely N-dealkylation sites (tertiary alicyclic amines) is 1. The van der Waals surface area contributed by atoms with Crippen molar-refractivity contribution in [2.45, 2.75) is 39.3 Å². The highest BCUT2D eigenvalue weighted by Gasteiger charge is 2.23. The van der Waals surface area contributed by atoms with Crippen LogP contribution < -0.4 is 14.8 Å². The number of amides is 2. The minimum atomic E-state index is -0.143. The minimum Gasteiger partial charge on any atom is -0.486 e. The predicted octanol–water partition coefficient (Wildman–Crippen LogP) is 3.71. The van der Waals surface area contributed by atoms with Gasteiger partial charge in [0.25, 0.3) is 5.91 Å². The molecule has 2 aromatic carbocycles. The zero-order chi connectivity index (χ0) is 21.1. The van der Waals surface area contributed by atoms with Crippen molar-refractivity contribution in [2.24, 2.45) is 5.92 Å². The second kappa shape index (κ2) is 8.78. The van der Waals surface area contributed by atoms with Gasteiger partial charge < -0.3 is 19.7 Å². The van der Waals surface area contributed by atoms with Crippen molar-refractivity contribution < 1.29 is 19.1 Å². The molecule has 0 unspecified atom stereocenters. The molecule has 2 aromatic rings. The van der Waals surface area contributed by atoms with Gasteiger partial charge in [0.15, 0.2) is 11.5 Å². The third kappa shape index (κ3) is 4.42. The zero-order valence-electron chi connectivity index (χ0n) is 17.5. The molecule has 0 bridgehead atoms. The number of nitrogens with one attached hydrogen (secondary N) is 1. The number of ether oxygens (including phenoxy) is 2. The van der Waals surface area contributed by atoms with Crippen molar-refractivity contribution >= 4 is 11.8 Å². The van der Waals surface area contributed by atoms with Crippen molar-refractivity contribution in [1.29, 1.82) is 0 Å². The van der Waals surface area contributed by atoms with Gasteiger partial charge >= 0.3 is 0 Å². The van der Waals surface area contributed by atoms with Crippen molar-refractivity contribution in [2.75, 3.05) is 19.8 Å². The number of hydrogen-bond donors (Lipinski definition) is 1. The van der Waals surface area contributed by atoms with Gasteiger partial charge in [-0.25, -0.2) is 0 Å². The molecule has 0 saturated carbocycles. The Morgan fingerprint density at radius 2 is 1.80 bits per heavy atom. The molecular weight excluding hydrogens is 380 g/mol. The average molecular weight is 408 g/mol. The second-order valence-corrected chi connectivity index (χ2v) is 8.21. The standard InChI is InChI=1S/C24H28N2O4/c1-16(2)23(19-9-10-20-21(14-19)30-13-12-29-20)25-24(28)18-7-5-17(6-8-18)15-26-11-3-4-22(26)27/h5-10,14,16,23H,3-4,11-13,15H2,1-2H3,(H,25,28)/t23-/m1/s1. The van der Waals surface area contributed by atoms with Crippen molar-refractivity contribution in [3.63, 3.8) is 0 Å². The van der Waals surface area contributed by atoms with Crippen LogP contribution in [-0.2, 0) is 11.3 Å². The number of fused-ring (bicyclic) bond motifs is 1. The lowest BCUT2D eigenvalue weighted by atomic mass is 9.95. The molecule has 6 heteroatoms. The van der Waals surface area contributed by atoms with Crippen LogP contribution in [0.4, 0.5) is 0 Å². The normalized spacial score (nSPS) is 16.6. The van der Waals surface area contributed by atoms with E-state index in [9.17, 15) is 9.59 Å². The van der Waals surface area contributed by atoms with Crippen LogP contribution in [0.1, 0.15) is 54.2 Å². The highest BCUT2D eigenvalue weighted by atomic mass is 16.6. The van der Waals surface area contributed by atoms with Gasteiger partial charge in [0.05, 0.1) is 6.04 Å². The fraction of sp³-hybridized carbons (Fsp3) is 0.417. The van der Waals surface area contributed by atoms with E-state index < -0.39 is 0 Å². The van der Waals surface area contributed by atoms with Gasteiger partial charge in [0, 0.05) is 25.1 Å². The summed E-state index contributed by atoms with van der Waals surface area (Å²) in [5, 5.41) is 3.16. The molecule has 4 rings (SSSR count). The topological polar surface area (TPSA) is 67.9 Å². The quantitative estimate of drug-likeness (QED) is 0.791. The molecule has 30 heavy (non-hydrogen) atoms. The van der Waals surface area contributed by atoms with Crippen molar-refractivity contribution in [1.82, 2.24) is 10.2 Å². The number of benzene rings is 2. The Hall–Kier alpha value is -3.02. The molecule has 1 atom stereocenters. The van der Waals surface area contributed by atoms with Gasteiger partial charge in [-0.05, 0) is 47.7 Å². The molecule has 0 radical (unpaired) electrons. The summed E-state index contributed by atoms with van der Waals surface area (Å²) >= 11 is 0. The first-order valence-electron chi connectivity index (χ1n) is 10.6. The lowest BCUT2D eigenvalue weighted by molar-refractivity contribution is -0.128. The van der Waals surface area contributed by atoms with E-state index in [2.05, 4.69) is 19.2 Å². The Morgan fingerprint density at radius 1 is 1.07 bits per heavy atom. The largest absolute Gasteiger partial charge is 0.486 e. The molecule has 0 aliphatic carbocycles. The molecule has 2 aliphatic rings. The van der Waals surface area contributed by atoms with Crippen LogP contribution in [0.15, 0.2) is 42.5 Å². The smallest absolute Gasteiger partial charge is 0.251 e. The van der Waals surface area contributed by atoms with E-state index in [-0.39, 0.29) is 23.8 Å². The number of carbonyl (C=O) groups is 2. The molecule has 2 aliphatic heterocycles. The zero-order valence-corrected chi connectivity index (χ0v) is 17.5. The SMILES string of the molecule is CC(C)[C@@H](NC(=O)c1ccc(CN2CCCC2=O)cc1)c1ccc2c(c1)OCCO2. The van der Waals surface area contributed by atoms with E-state index in [0.29, 0.717) is 31.7 Å². The van der Waals surface area contributed by atoms with Crippen LogP contribution >= 0.6 is 0 Å². The monoisotopic (exact) mass is 408 g/mol. The van der Waals surface area contributed by atoms with Crippen LogP contribution in [0.3, 0.4) is 0 Å². The second-order valence-electron chi connectivity index (χ2n) is 8.21. The number of rotatable bonds is 6. The summed E-state index contributed by atoms with van der Waals surface area (Å²) < 4.78 is 11.3. The Balaban J connectivity index is 1.45. The Kier molecular flexibility index (Phi) is 5.93. The first kappa shape index (κ1) is 20.3. The van der Waals surface area contributed by atoms with E-state index >= 15 is 0 Å². The lowest BCUT2D eigenvalue weighted by Gasteiger charge is -2.25. The summed E-state index contributed by atoms with van der Waals surface area (Å²) in [6.07, 6.45) is 1.56. The summed E-state index contributed by atoms with van der Waals surface area (Å²) in [5.74, 6) is 1.76. The highest BCUT2D eigenvalue weighted by molar-refractivity contribution is 5.94. The van der Waals surface area contributed by atoms with Gasteiger partial charge in [-0.1, -0.05) is 32.0 Å². The molecular formula is C24H28N2O4. The summed E-state index contributed by atoms with van der Waals surface area (Å²) in [4.78, 5) is 26.6. The van der Waals surface area contributed by atoms with Crippen LogP contribution in [0, 0.1) is 5.92 Å². The molecule has 6 nitrogen and oxygen atoms in total. The Labute approximate surface area is 177 Å². The maximum atomic E-state index is 12.9. The molecule has 158 valence electrons. The molecule has 1 fully saturated rings. The van der Waals surface area contributed by atoms with Gasteiger partial charge in [-0.2, -0.15) is 0 Å². The van der Waals surface area contributed by atoms with Gasteiger partial charge in [0.2, 0.25) is 5.91 Å². The molecule has 0 aromatic heterocycles. The molecule has 2 heterocycles. The van der Waals surface area contributed by atoms with Gasteiger partial charge in [0.1, 0.15) is 13.2 Å². The highest BCUT2D eigenvalue weighted by Crippen LogP contribution is 2.34. The minimum absolute atomic E-state index is 0.118. The van der Waals surface area contributed by atoms with Crippen molar-refractivity contribution in [3.8, 4) is 11.5 Å². The maximum Gasteiger partial charge on any atom is 0.251 e. The Morgan fingerprint density at radius 3 is 2.47 bits per heavy atom. The number of carbonyl (C=O) groups excluding carboxylic acids is 2. The summed E-state index contributed by atoms with van der Waals surface area (Å²) in [6, 6.07) is 13.2. The molecule has 0 spiro atoms. The maximum absolute atomic E-state index is 12.9. The molecule has 1 saturated heterocycles. The Bertz CT molecular complexity index is 923. The number of nitrogens with zero attached hydrogens (tertiary/aromatic N) is 1. The fourth-order valence-electron chi connectivity index (χ4n) is 3.97. The van der Waals surface area contributed by atoms with Gasteiger partial charge in [-0.3, -0.25) is 9.59 Å². The lowest BCUT2D eigenvalue weighted by Crippen LogP contribution is -2.32. The fourth-order valence-corrected chi connectivity index (χ4v) is 3.97. The number of hydrogen-bond acceptors (Lipinski definition) is 4. The molecule has 1 N–H and O–H groups in total. The van der Waals surface area contributed by atoms with Crippen LogP contribution in [-0.4, -0.2) is 36.5 Å². The summed E-state index contributed by atoms with van der Waals surface area (Å²) in [7, 11) is 0. The van der Waals surface area contributed by atoms with Gasteiger partial charge in [-0.15, -0.1) is 0 Å². The van der Waals surface area contributed by atoms with E-state index in [0.717, 1.165) is 35.6 Å². The predicted molar refractivity (Wildman–Crippen MR) is 114 cm³/mol. The third-order valence-electron chi connectivity index (χ3n) is 5.64. The van der Waals surface area contributed by atoms with E-state index in [1.165, 1.54) is 0 Å². The first-order valence-corrected chi connectivity index (χ1v) is 10.6. The van der Waals surface area contributed by atoms with Crippen LogP contribution in [0.2, 0.25) is 0 Å². The third-order valence-corrected chi connectivity index (χ3v) is 5.64. The first-order chi connectivity index (χ1) is 14.5. The summed E-state index contributed by atoms with van der Waals surface area (Å²) in [5.41, 5.74) is 2.63. The summed E-state index contributed by atoms with van der Waals surface area (Å²) in [6.45, 7) is 6.66. The van der Waals surface area contributed by atoms with E-state index in [4.69, 9.17) is 9.47 Å². The van der Waals surface area contributed by atoms with E-state index in [1.54, 1.807) is 0 Å². The average Bonchev–Trinajstić information content (AvgIpc) is 3.16. The van der Waals surface area contributed by atoms with Crippen molar-refractivity contribution in [3.05, 3.63) is 59.2 Å². The molecule has 2 amide bonds. The van der Waals surface area contributed by atoms with Crippen LogP contribution in [0.5, 0.6) is 11.5 Å². The van der Waals surface area contributed by atoms with E-state index in [1.807, 2.05) is 47.4 Å². The van der Waals surface area contributed by atoms with Crippen LogP contribution in [0.25, 0.3) is 0 Å².